The standard InChI is InChI=1S/C25H22ClN5S/c1-16-12-17(2)14-19(13-16)31-24(23(29-25(31)32)20-6-3-4-10-27-20)21-7-5-11-30(21)22-9-8-18(26)15-28-22/h3-15,23-24H,1-2H3,(H,29,32)/t23-,24+/m1/s1. The van der Waals surface area contributed by atoms with Crippen LogP contribution >= 0.6 is 23.8 Å². The lowest BCUT2D eigenvalue weighted by Crippen LogP contribution is -2.30. The van der Waals surface area contributed by atoms with E-state index in [1.165, 1.54) is 11.1 Å². The van der Waals surface area contributed by atoms with Crippen LogP contribution in [-0.4, -0.2) is 19.6 Å². The van der Waals surface area contributed by atoms with Crippen molar-refractivity contribution in [2.24, 2.45) is 0 Å². The maximum Gasteiger partial charge on any atom is 0.174 e. The largest absolute Gasteiger partial charge is 0.351 e. The van der Waals surface area contributed by atoms with Crippen LogP contribution in [0.15, 0.2) is 79.3 Å². The first-order valence-electron chi connectivity index (χ1n) is 10.4. The van der Waals surface area contributed by atoms with Gasteiger partial charge in [0.25, 0.3) is 0 Å². The summed E-state index contributed by atoms with van der Waals surface area (Å²) in [4.78, 5) is 11.4. The smallest absolute Gasteiger partial charge is 0.174 e. The molecule has 5 nitrogen and oxygen atoms in total. The summed E-state index contributed by atoms with van der Waals surface area (Å²) < 4.78 is 2.09. The number of thiocarbonyl (C=S) groups is 1. The van der Waals surface area contributed by atoms with Gasteiger partial charge in [0.1, 0.15) is 11.9 Å². The first-order valence-corrected chi connectivity index (χ1v) is 11.2. The van der Waals surface area contributed by atoms with Crippen LogP contribution in [-0.2, 0) is 0 Å². The van der Waals surface area contributed by atoms with Crippen LogP contribution in [0.4, 0.5) is 5.69 Å². The van der Waals surface area contributed by atoms with E-state index in [1.54, 1.807) is 6.20 Å². The summed E-state index contributed by atoms with van der Waals surface area (Å²) in [6.45, 7) is 4.21. The summed E-state index contributed by atoms with van der Waals surface area (Å²) >= 11 is 11.9. The quantitative estimate of drug-likeness (QED) is 0.396. The van der Waals surface area contributed by atoms with Crippen LogP contribution in [0.1, 0.15) is 34.6 Å². The molecule has 0 bridgehead atoms. The van der Waals surface area contributed by atoms with Crippen LogP contribution in [0.3, 0.4) is 0 Å². The van der Waals surface area contributed by atoms with E-state index in [0.717, 1.165) is 22.9 Å². The molecule has 1 fully saturated rings. The number of pyridine rings is 2. The predicted octanol–water partition coefficient (Wildman–Crippen LogP) is 5.71. The number of hydrogen-bond acceptors (Lipinski definition) is 3. The first kappa shape index (κ1) is 20.7. The van der Waals surface area contributed by atoms with Crippen LogP contribution < -0.4 is 10.2 Å². The Morgan fingerprint density at radius 3 is 2.47 bits per heavy atom. The van der Waals surface area contributed by atoms with E-state index in [1.807, 2.05) is 48.8 Å². The Morgan fingerprint density at radius 1 is 0.969 bits per heavy atom. The second kappa shape index (κ2) is 8.37. The number of nitrogens with zero attached hydrogens (tertiary/aromatic N) is 4. The molecule has 3 aromatic heterocycles. The Kier molecular flexibility index (Phi) is 5.41. The molecule has 0 radical (unpaired) electrons. The van der Waals surface area contributed by atoms with Gasteiger partial charge in [0.15, 0.2) is 5.11 Å². The van der Waals surface area contributed by atoms with Crippen molar-refractivity contribution in [1.29, 1.82) is 0 Å². The lowest BCUT2D eigenvalue weighted by molar-refractivity contribution is 0.548. The van der Waals surface area contributed by atoms with E-state index >= 15 is 0 Å². The second-order valence-electron chi connectivity index (χ2n) is 7.98. The summed E-state index contributed by atoms with van der Waals surface area (Å²) in [5.41, 5.74) is 5.43. The van der Waals surface area contributed by atoms with Gasteiger partial charge in [-0.25, -0.2) is 4.98 Å². The molecule has 2 atom stereocenters. The van der Waals surface area contributed by atoms with E-state index in [9.17, 15) is 0 Å². The Balaban J connectivity index is 1.68. The van der Waals surface area contributed by atoms with Gasteiger partial charge in [-0.3, -0.25) is 4.98 Å². The predicted molar refractivity (Wildman–Crippen MR) is 132 cm³/mol. The molecule has 32 heavy (non-hydrogen) atoms. The Bertz CT molecular complexity index is 1250. The zero-order valence-corrected chi connectivity index (χ0v) is 19.3. The maximum absolute atomic E-state index is 6.08. The molecule has 1 aliphatic heterocycles. The summed E-state index contributed by atoms with van der Waals surface area (Å²) in [5, 5.41) is 4.80. The topological polar surface area (TPSA) is 46.0 Å². The van der Waals surface area contributed by atoms with Crippen molar-refractivity contribution in [3.05, 3.63) is 107 Å². The molecule has 0 saturated carbocycles. The van der Waals surface area contributed by atoms with E-state index < -0.39 is 0 Å². The molecule has 0 spiro atoms. The zero-order valence-electron chi connectivity index (χ0n) is 17.7. The van der Waals surface area contributed by atoms with Crippen molar-refractivity contribution in [3.63, 3.8) is 0 Å². The van der Waals surface area contributed by atoms with Gasteiger partial charge in [-0.15, -0.1) is 0 Å². The lowest BCUT2D eigenvalue weighted by Gasteiger charge is -2.29. The minimum Gasteiger partial charge on any atom is -0.351 e. The fourth-order valence-electron chi connectivity index (χ4n) is 4.38. The molecule has 0 amide bonds. The van der Waals surface area contributed by atoms with Gasteiger partial charge in [-0.05, 0) is 85.7 Å². The number of benzene rings is 1. The van der Waals surface area contributed by atoms with Crippen LogP contribution in [0.5, 0.6) is 0 Å². The van der Waals surface area contributed by atoms with Crippen LogP contribution in [0.25, 0.3) is 5.82 Å². The van der Waals surface area contributed by atoms with Gasteiger partial charge in [0.2, 0.25) is 0 Å². The van der Waals surface area contributed by atoms with E-state index in [0.29, 0.717) is 10.1 Å². The van der Waals surface area contributed by atoms with Gasteiger partial charge < -0.3 is 14.8 Å². The third kappa shape index (κ3) is 3.76. The third-order valence-corrected chi connectivity index (χ3v) is 6.16. The molecule has 0 aliphatic carbocycles. The van der Waals surface area contributed by atoms with Gasteiger partial charge in [-0.2, -0.15) is 0 Å². The minimum absolute atomic E-state index is 0.119. The lowest BCUT2D eigenvalue weighted by atomic mass is 10.00. The zero-order chi connectivity index (χ0) is 22.2. The molecule has 1 aromatic carbocycles. The van der Waals surface area contributed by atoms with Crippen LogP contribution in [0.2, 0.25) is 5.02 Å². The SMILES string of the molecule is Cc1cc(C)cc(N2C(=S)N[C@H](c3ccccn3)[C@@H]2c2cccn2-c2ccc(Cl)cn2)c1. The average Bonchev–Trinajstić information content (AvgIpc) is 3.38. The molecule has 7 heteroatoms. The number of halogens is 1. The molecular weight excluding hydrogens is 438 g/mol. The van der Waals surface area contributed by atoms with Gasteiger partial charge in [0.05, 0.1) is 16.8 Å². The molecule has 1 saturated heterocycles. The molecule has 4 aromatic rings. The molecule has 1 N–H and O–H groups in total. The summed E-state index contributed by atoms with van der Waals surface area (Å²) in [6.07, 6.45) is 5.49. The Morgan fingerprint density at radius 2 is 1.78 bits per heavy atom. The van der Waals surface area contributed by atoms with Crippen molar-refractivity contribution in [2.45, 2.75) is 25.9 Å². The monoisotopic (exact) mass is 459 g/mol. The second-order valence-corrected chi connectivity index (χ2v) is 8.80. The van der Waals surface area contributed by atoms with Crippen LogP contribution in [0, 0.1) is 13.8 Å². The number of nitrogens with one attached hydrogen (secondary N) is 1. The first-order chi connectivity index (χ1) is 15.5. The van der Waals surface area contributed by atoms with Gasteiger partial charge in [-0.1, -0.05) is 23.7 Å². The van der Waals surface area contributed by atoms with E-state index in [4.69, 9.17) is 23.8 Å². The highest BCUT2D eigenvalue weighted by Crippen LogP contribution is 2.42. The molecule has 160 valence electrons. The highest BCUT2D eigenvalue weighted by Gasteiger charge is 2.42. The van der Waals surface area contributed by atoms with E-state index in [-0.39, 0.29) is 12.1 Å². The molecular formula is C25H22ClN5S. The number of rotatable bonds is 4. The van der Waals surface area contributed by atoms with Gasteiger partial charge >= 0.3 is 0 Å². The molecule has 5 rings (SSSR count). The highest BCUT2D eigenvalue weighted by molar-refractivity contribution is 7.80. The normalized spacial score (nSPS) is 18.1. The fourth-order valence-corrected chi connectivity index (χ4v) is 4.84. The fraction of sp³-hybridized carbons (Fsp3) is 0.160. The average molecular weight is 460 g/mol. The van der Waals surface area contributed by atoms with Gasteiger partial charge in [0, 0.05) is 30.0 Å². The summed E-state index contributed by atoms with van der Waals surface area (Å²) in [5.74, 6) is 0.798. The minimum atomic E-state index is -0.120. The number of aromatic nitrogens is 3. The maximum atomic E-state index is 6.08. The summed E-state index contributed by atoms with van der Waals surface area (Å²) in [6, 6.07) is 20.1. The Labute approximate surface area is 197 Å². The van der Waals surface area contributed by atoms with Crippen molar-refractivity contribution in [1.82, 2.24) is 19.9 Å². The summed E-state index contributed by atoms with van der Waals surface area (Å²) in [7, 11) is 0. The molecule has 4 heterocycles. The Hall–Kier alpha value is -3.22. The van der Waals surface area contributed by atoms with Crippen molar-refractivity contribution < 1.29 is 0 Å². The highest BCUT2D eigenvalue weighted by atomic mass is 35.5. The number of hydrogen-bond donors (Lipinski definition) is 1. The van der Waals surface area contributed by atoms with Crippen molar-refractivity contribution >= 4 is 34.6 Å². The number of anilines is 1. The van der Waals surface area contributed by atoms with Crippen molar-refractivity contribution in [2.75, 3.05) is 4.90 Å². The van der Waals surface area contributed by atoms with Crippen molar-refractivity contribution in [3.8, 4) is 5.82 Å². The third-order valence-electron chi connectivity index (χ3n) is 5.62. The molecule has 0 unspecified atom stereocenters. The van der Waals surface area contributed by atoms with E-state index in [2.05, 4.69) is 62.9 Å². The number of aryl methyl sites for hydroxylation is 2. The molecule has 1 aliphatic rings.